The predicted molar refractivity (Wildman–Crippen MR) is 84.3 cm³/mol. The summed E-state index contributed by atoms with van der Waals surface area (Å²) in [6.45, 7) is 3.98. The van der Waals surface area contributed by atoms with Crippen LogP contribution in [0.1, 0.15) is 25.5 Å². The fourth-order valence-corrected chi connectivity index (χ4v) is 2.34. The van der Waals surface area contributed by atoms with E-state index in [2.05, 4.69) is 5.32 Å². The molecule has 0 aromatic heterocycles. The number of anilines is 1. The highest BCUT2D eigenvalue weighted by molar-refractivity contribution is 5.89. The molecule has 0 aliphatic heterocycles. The van der Waals surface area contributed by atoms with Gasteiger partial charge in [0, 0.05) is 12.6 Å². The van der Waals surface area contributed by atoms with Gasteiger partial charge in [0.15, 0.2) is 0 Å². The molecule has 122 valence electrons. The van der Waals surface area contributed by atoms with Crippen molar-refractivity contribution < 1.29 is 18.7 Å². The number of carbonyl (C=O) groups is 1. The maximum Gasteiger partial charge on any atom is 0.322 e. The van der Waals surface area contributed by atoms with E-state index < -0.39 is 17.7 Å². The Morgan fingerprint density at radius 1 is 1.26 bits per heavy atom. The van der Waals surface area contributed by atoms with Gasteiger partial charge in [-0.1, -0.05) is 12.1 Å². The number of phenolic OH excluding ortho intramolecular Hbond substituents is 1. The maximum absolute atomic E-state index is 13.6. The molecule has 0 fully saturated rings. The molecule has 0 heterocycles. The second-order valence-electron chi connectivity index (χ2n) is 5.11. The Labute approximate surface area is 133 Å². The molecule has 2 N–H and O–H groups in total. The summed E-state index contributed by atoms with van der Waals surface area (Å²) >= 11 is 0. The number of nitrogens with one attached hydrogen (secondary N) is 1. The first-order valence-corrected chi connectivity index (χ1v) is 7.24. The van der Waals surface area contributed by atoms with Gasteiger partial charge in [-0.05, 0) is 43.7 Å². The van der Waals surface area contributed by atoms with Crippen LogP contribution in [0.15, 0.2) is 42.5 Å². The molecule has 0 aliphatic rings. The number of benzene rings is 2. The number of hydrogen-bond donors (Lipinski definition) is 2. The minimum atomic E-state index is -0.834. The number of urea groups is 1. The zero-order valence-corrected chi connectivity index (χ0v) is 12.9. The number of nitrogens with zero attached hydrogens (tertiary/aromatic N) is 1. The van der Waals surface area contributed by atoms with Crippen LogP contribution >= 0.6 is 0 Å². The van der Waals surface area contributed by atoms with Gasteiger partial charge in [0.25, 0.3) is 0 Å². The number of aromatic hydroxyl groups is 1. The summed E-state index contributed by atoms with van der Waals surface area (Å²) in [6.07, 6.45) is 0. The molecule has 4 nitrogen and oxygen atoms in total. The van der Waals surface area contributed by atoms with Gasteiger partial charge in [-0.25, -0.2) is 13.6 Å². The lowest BCUT2D eigenvalue weighted by atomic mass is 10.1. The predicted octanol–water partition coefficient (Wildman–Crippen LogP) is 4.29. The van der Waals surface area contributed by atoms with Crippen LogP contribution in [-0.4, -0.2) is 22.6 Å². The third-order valence-electron chi connectivity index (χ3n) is 3.59. The molecule has 0 spiro atoms. The van der Waals surface area contributed by atoms with Gasteiger partial charge < -0.3 is 15.3 Å². The van der Waals surface area contributed by atoms with Crippen molar-refractivity contribution in [1.82, 2.24) is 4.90 Å². The molecule has 0 saturated carbocycles. The Hall–Kier alpha value is -2.63. The van der Waals surface area contributed by atoms with Crippen LogP contribution in [0.5, 0.6) is 5.75 Å². The smallest absolute Gasteiger partial charge is 0.322 e. The summed E-state index contributed by atoms with van der Waals surface area (Å²) < 4.78 is 26.6. The molecule has 0 unspecified atom stereocenters. The van der Waals surface area contributed by atoms with Gasteiger partial charge in [-0.15, -0.1) is 0 Å². The minimum Gasteiger partial charge on any atom is -0.508 e. The summed E-state index contributed by atoms with van der Waals surface area (Å²) in [6, 6.07) is 8.72. The Balaban J connectivity index is 2.17. The third kappa shape index (κ3) is 3.97. The summed E-state index contributed by atoms with van der Waals surface area (Å²) in [7, 11) is 0. The van der Waals surface area contributed by atoms with Crippen molar-refractivity contribution >= 4 is 11.7 Å². The number of phenols is 1. The largest absolute Gasteiger partial charge is 0.508 e. The lowest BCUT2D eigenvalue weighted by Crippen LogP contribution is -2.37. The zero-order valence-electron chi connectivity index (χ0n) is 12.9. The highest BCUT2D eigenvalue weighted by Crippen LogP contribution is 2.24. The molecular weight excluding hydrogens is 302 g/mol. The van der Waals surface area contributed by atoms with E-state index in [9.17, 15) is 18.7 Å². The van der Waals surface area contributed by atoms with Crippen LogP contribution in [0, 0.1) is 11.6 Å². The van der Waals surface area contributed by atoms with Crippen molar-refractivity contribution in [3.05, 3.63) is 59.7 Å². The normalized spacial score (nSPS) is 11.8. The molecule has 0 saturated heterocycles. The van der Waals surface area contributed by atoms with Crippen LogP contribution in [0.2, 0.25) is 0 Å². The lowest BCUT2D eigenvalue weighted by Gasteiger charge is -2.28. The fourth-order valence-electron chi connectivity index (χ4n) is 2.34. The third-order valence-corrected chi connectivity index (χ3v) is 3.59. The number of carbonyl (C=O) groups excluding carboxylic acids is 1. The molecule has 1 atom stereocenters. The summed E-state index contributed by atoms with van der Waals surface area (Å²) in [5.74, 6) is -1.43. The van der Waals surface area contributed by atoms with E-state index in [1.165, 1.54) is 11.0 Å². The van der Waals surface area contributed by atoms with E-state index in [0.717, 1.165) is 11.6 Å². The van der Waals surface area contributed by atoms with Gasteiger partial charge in [-0.2, -0.15) is 0 Å². The Kier molecular flexibility index (Phi) is 5.16. The second-order valence-corrected chi connectivity index (χ2v) is 5.11. The van der Waals surface area contributed by atoms with Crippen LogP contribution < -0.4 is 5.32 Å². The Morgan fingerprint density at radius 3 is 2.61 bits per heavy atom. The van der Waals surface area contributed by atoms with Gasteiger partial charge in [0.05, 0.1) is 11.7 Å². The summed E-state index contributed by atoms with van der Waals surface area (Å²) in [5.41, 5.74) is 0.666. The average Bonchev–Trinajstić information content (AvgIpc) is 2.50. The molecule has 6 heteroatoms. The Bertz CT molecular complexity index is 707. The molecule has 2 amide bonds. The van der Waals surface area contributed by atoms with Crippen LogP contribution in [0.25, 0.3) is 0 Å². The molecular formula is C17H18F2N2O2. The van der Waals surface area contributed by atoms with Gasteiger partial charge in [0.2, 0.25) is 0 Å². The van der Waals surface area contributed by atoms with Crippen LogP contribution in [-0.2, 0) is 0 Å². The van der Waals surface area contributed by atoms with E-state index in [0.29, 0.717) is 12.6 Å². The van der Waals surface area contributed by atoms with E-state index in [1.54, 1.807) is 38.1 Å². The van der Waals surface area contributed by atoms with E-state index in [1.807, 2.05) is 0 Å². The molecule has 0 aliphatic carbocycles. The first-order chi connectivity index (χ1) is 10.9. The summed E-state index contributed by atoms with van der Waals surface area (Å²) in [4.78, 5) is 13.9. The van der Waals surface area contributed by atoms with Crippen molar-refractivity contribution in [3.63, 3.8) is 0 Å². The molecule has 0 bridgehead atoms. The van der Waals surface area contributed by atoms with Crippen LogP contribution in [0.3, 0.4) is 0 Å². The van der Waals surface area contributed by atoms with Crippen LogP contribution in [0.4, 0.5) is 19.3 Å². The minimum absolute atomic E-state index is 0.0852. The monoisotopic (exact) mass is 320 g/mol. The molecule has 2 rings (SSSR count). The molecule has 23 heavy (non-hydrogen) atoms. The number of rotatable bonds is 4. The highest BCUT2D eigenvalue weighted by Gasteiger charge is 2.21. The van der Waals surface area contributed by atoms with Crippen molar-refractivity contribution in [3.8, 4) is 5.75 Å². The number of halogens is 2. The molecule has 2 aromatic rings. The fraction of sp³-hybridized carbons (Fsp3) is 0.235. The highest BCUT2D eigenvalue weighted by atomic mass is 19.1. The molecule has 2 aromatic carbocycles. The van der Waals surface area contributed by atoms with Gasteiger partial charge in [0.1, 0.15) is 17.4 Å². The summed E-state index contributed by atoms with van der Waals surface area (Å²) in [5, 5.41) is 12.0. The van der Waals surface area contributed by atoms with Crippen molar-refractivity contribution in [1.29, 1.82) is 0 Å². The number of amides is 2. The standard InChI is InChI=1S/C17H18F2N2O2/c1-3-21(11(2)12-5-4-6-14(22)9-12)17(23)20-16-8-7-13(18)10-15(16)19/h4-11,22H,3H2,1-2H3,(H,20,23)/t11-/m0/s1. The van der Waals surface area contributed by atoms with Crippen molar-refractivity contribution in [2.24, 2.45) is 0 Å². The topological polar surface area (TPSA) is 52.6 Å². The molecule has 0 radical (unpaired) electrons. The van der Waals surface area contributed by atoms with Gasteiger partial charge >= 0.3 is 6.03 Å². The first-order valence-electron chi connectivity index (χ1n) is 7.24. The van der Waals surface area contributed by atoms with E-state index in [-0.39, 0.29) is 17.5 Å². The number of hydrogen-bond acceptors (Lipinski definition) is 2. The van der Waals surface area contributed by atoms with E-state index in [4.69, 9.17) is 0 Å². The lowest BCUT2D eigenvalue weighted by molar-refractivity contribution is 0.196. The average molecular weight is 320 g/mol. The maximum atomic E-state index is 13.6. The van der Waals surface area contributed by atoms with E-state index >= 15 is 0 Å². The van der Waals surface area contributed by atoms with Gasteiger partial charge in [-0.3, -0.25) is 0 Å². The first kappa shape index (κ1) is 16.7. The quantitative estimate of drug-likeness (QED) is 0.883. The Morgan fingerprint density at radius 2 is 2.00 bits per heavy atom. The zero-order chi connectivity index (χ0) is 17.0. The van der Waals surface area contributed by atoms with Crippen molar-refractivity contribution in [2.75, 3.05) is 11.9 Å². The second kappa shape index (κ2) is 7.09. The van der Waals surface area contributed by atoms with Crippen molar-refractivity contribution in [2.45, 2.75) is 19.9 Å². The SMILES string of the molecule is CCN(C(=O)Nc1ccc(F)cc1F)[C@@H](C)c1cccc(O)c1.